The highest BCUT2D eigenvalue weighted by atomic mass is 19.4. The molecule has 0 amide bonds. The third-order valence-electron chi connectivity index (χ3n) is 1.82. The summed E-state index contributed by atoms with van der Waals surface area (Å²) in [4.78, 5) is 10.4. The van der Waals surface area contributed by atoms with Crippen LogP contribution in [0.25, 0.3) is 0 Å². The highest BCUT2D eigenvalue weighted by Crippen LogP contribution is 2.31. The summed E-state index contributed by atoms with van der Waals surface area (Å²) < 4.78 is 41.7. The quantitative estimate of drug-likeness (QED) is 0.874. The lowest BCUT2D eigenvalue weighted by atomic mass is 10.2. The van der Waals surface area contributed by atoms with Crippen LogP contribution in [0, 0.1) is 0 Å². The van der Waals surface area contributed by atoms with Crippen molar-refractivity contribution in [2.45, 2.75) is 19.2 Å². The molecule has 6 heteroatoms. The number of carboxylic acids is 1. The summed E-state index contributed by atoms with van der Waals surface area (Å²) in [6, 6.07) is 4.08. The van der Waals surface area contributed by atoms with Crippen LogP contribution in [-0.2, 0) is 11.0 Å². The number of alkyl halides is 3. The predicted molar refractivity (Wildman–Crippen MR) is 49.2 cm³/mol. The molecule has 0 saturated carbocycles. The van der Waals surface area contributed by atoms with E-state index >= 15 is 0 Å². The molecule has 1 aromatic carbocycles. The van der Waals surface area contributed by atoms with Crippen molar-refractivity contribution < 1.29 is 27.8 Å². The van der Waals surface area contributed by atoms with E-state index in [9.17, 15) is 18.0 Å². The average Bonchev–Trinajstić information content (AvgIpc) is 2.16. The summed E-state index contributed by atoms with van der Waals surface area (Å²) in [5, 5.41) is 8.53. The minimum Gasteiger partial charge on any atom is -0.479 e. The number of hydrogen-bond acceptors (Lipinski definition) is 2. The summed E-state index contributed by atoms with van der Waals surface area (Å²) in [5.74, 6) is -1.36. The minimum atomic E-state index is -4.47. The molecule has 0 heterocycles. The first kappa shape index (κ1) is 12.4. The number of hydrogen-bond donors (Lipinski definition) is 1. The predicted octanol–water partition coefficient (Wildman–Crippen LogP) is 2.56. The van der Waals surface area contributed by atoms with E-state index in [4.69, 9.17) is 9.84 Å². The van der Waals surface area contributed by atoms with Crippen LogP contribution in [0.1, 0.15) is 12.5 Å². The first-order chi connectivity index (χ1) is 7.30. The molecule has 0 aromatic heterocycles. The molecule has 0 aliphatic heterocycles. The van der Waals surface area contributed by atoms with Gasteiger partial charge in [0.25, 0.3) is 0 Å². The molecular formula is C10H9F3O3. The van der Waals surface area contributed by atoms with E-state index < -0.39 is 23.8 Å². The van der Waals surface area contributed by atoms with Crippen LogP contribution in [0.4, 0.5) is 13.2 Å². The van der Waals surface area contributed by atoms with E-state index in [-0.39, 0.29) is 5.75 Å². The second-order valence-electron chi connectivity index (χ2n) is 3.12. The molecule has 1 aromatic rings. The van der Waals surface area contributed by atoms with E-state index in [0.29, 0.717) is 0 Å². The molecule has 1 rings (SSSR count). The third kappa shape index (κ3) is 3.15. The van der Waals surface area contributed by atoms with Crippen LogP contribution in [0.3, 0.4) is 0 Å². The van der Waals surface area contributed by atoms with E-state index in [1.54, 1.807) is 0 Å². The average molecular weight is 234 g/mol. The van der Waals surface area contributed by atoms with E-state index in [2.05, 4.69) is 0 Å². The maximum atomic E-state index is 12.3. The van der Waals surface area contributed by atoms with Gasteiger partial charge in [-0.2, -0.15) is 13.2 Å². The van der Waals surface area contributed by atoms with E-state index in [1.165, 1.54) is 13.0 Å². The topological polar surface area (TPSA) is 46.5 Å². The van der Waals surface area contributed by atoms with Crippen molar-refractivity contribution >= 4 is 5.97 Å². The Morgan fingerprint density at radius 3 is 2.56 bits per heavy atom. The lowest BCUT2D eigenvalue weighted by Gasteiger charge is -2.12. The van der Waals surface area contributed by atoms with Gasteiger partial charge >= 0.3 is 12.1 Å². The van der Waals surface area contributed by atoms with Crippen LogP contribution in [0.5, 0.6) is 5.75 Å². The van der Waals surface area contributed by atoms with Gasteiger partial charge in [-0.1, -0.05) is 6.07 Å². The Bertz CT molecular complexity index is 387. The molecule has 1 N–H and O–H groups in total. The Labute approximate surface area is 89.5 Å². The summed E-state index contributed by atoms with van der Waals surface area (Å²) in [6.45, 7) is 1.24. The van der Waals surface area contributed by atoms with Crippen LogP contribution in [-0.4, -0.2) is 17.2 Å². The molecule has 0 radical (unpaired) electrons. The first-order valence-electron chi connectivity index (χ1n) is 4.37. The third-order valence-corrected chi connectivity index (χ3v) is 1.82. The number of ether oxygens (including phenoxy) is 1. The second kappa shape index (κ2) is 4.42. The molecule has 0 bridgehead atoms. The zero-order valence-electron chi connectivity index (χ0n) is 8.28. The Kier molecular flexibility index (Phi) is 3.41. The van der Waals surface area contributed by atoms with Gasteiger partial charge in [0.15, 0.2) is 6.10 Å². The van der Waals surface area contributed by atoms with Crippen LogP contribution < -0.4 is 4.74 Å². The van der Waals surface area contributed by atoms with Gasteiger partial charge in [0.05, 0.1) is 5.56 Å². The number of halogens is 3. The van der Waals surface area contributed by atoms with Crippen LogP contribution in [0.15, 0.2) is 24.3 Å². The van der Waals surface area contributed by atoms with Crippen molar-refractivity contribution in [3.8, 4) is 5.75 Å². The Balaban J connectivity index is 2.87. The molecule has 88 valence electrons. The molecule has 0 aliphatic carbocycles. The highest BCUT2D eigenvalue weighted by molar-refractivity contribution is 5.72. The molecule has 1 atom stereocenters. The van der Waals surface area contributed by atoms with Crippen molar-refractivity contribution in [3.63, 3.8) is 0 Å². The van der Waals surface area contributed by atoms with E-state index in [1.807, 2.05) is 0 Å². The van der Waals surface area contributed by atoms with Gasteiger partial charge in [-0.05, 0) is 25.1 Å². The molecule has 0 saturated heterocycles. The number of rotatable bonds is 3. The molecular weight excluding hydrogens is 225 g/mol. The SMILES string of the molecule is C[C@H](Oc1cccc(C(F)(F)F)c1)C(=O)O. The molecule has 0 unspecified atom stereocenters. The zero-order valence-corrected chi connectivity index (χ0v) is 8.28. The molecule has 0 fully saturated rings. The lowest BCUT2D eigenvalue weighted by Crippen LogP contribution is -2.23. The molecule has 3 nitrogen and oxygen atoms in total. The van der Waals surface area contributed by atoms with Crippen LogP contribution >= 0.6 is 0 Å². The van der Waals surface area contributed by atoms with Crippen molar-refractivity contribution in [2.24, 2.45) is 0 Å². The molecule has 0 aliphatic rings. The molecule has 16 heavy (non-hydrogen) atoms. The summed E-state index contributed by atoms with van der Waals surface area (Å²) >= 11 is 0. The number of aliphatic carboxylic acids is 1. The van der Waals surface area contributed by atoms with Crippen molar-refractivity contribution in [2.75, 3.05) is 0 Å². The Morgan fingerprint density at radius 1 is 1.44 bits per heavy atom. The molecule has 0 spiro atoms. The fourth-order valence-corrected chi connectivity index (χ4v) is 1.00. The Hall–Kier alpha value is -1.72. The maximum Gasteiger partial charge on any atom is 0.416 e. The normalized spacial score (nSPS) is 13.2. The number of carbonyl (C=O) groups is 1. The standard InChI is InChI=1S/C10H9F3O3/c1-6(9(14)15)16-8-4-2-3-7(5-8)10(11,12)13/h2-6H,1H3,(H,14,15)/t6-/m0/s1. The highest BCUT2D eigenvalue weighted by Gasteiger charge is 2.30. The van der Waals surface area contributed by atoms with Gasteiger partial charge in [0.1, 0.15) is 5.75 Å². The van der Waals surface area contributed by atoms with Crippen molar-refractivity contribution in [1.82, 2.24) is 0 Å². The zero-order chi connectivity index (χ0) is 12.3. The fraction of sp³-hybridized carbons (Fsp3) is 0.300. The smallest absolute Gasteiger partial charge is 0.416 e. The first-order valence-corrected chi connectivity index (χ1v) is 4.37. The minimum absolute atomic E-state index is 0.121. The monoisotopic (exact) mass is 234 g/mol. The summed E-state index contributed by atoms with van der Waals surface area (Å²) in [7, 11) is 0. The van der Waals surface area contributed by atoms with Gasteiger partial charge in [-0.25, -0.2) is 4.79 Å². The van der Waals surface area contributed by atoms with Gasteiger partial charge < -0.3 is 9.84 Å². The summed E-state index contributed by atoms with van der Waals surface area (Å²) in [5.41, 5.74) is -0.873. The second-order valence-corrected chi connectivity index (χ2v) is 3.12. The fourth-order valence-electron chi connectivity index (χ4n) is 1.00. The van der Waals surface area contributed by atoms with Gasteiger partial charge in [0, 0.05) is 0 Å². The summed E-state index contributed by atoms with van der Waals surface area (Å²) in [6.07, 6.45) is -5.66. The van der Waals surface area contributed by atoms with Gasteiger partial charge in [-0.15, -0.1) is 0 Å². The lowest BCUT2D eigenvalue weighted by molar-refractivity contribution is -0.144. The number of benzene rings is 1. The largest absolute Gasteiger partial charge is 0.479 e. The Morgan fingerprint density at radius 2 is 2.06 bits per heavy atom. The van der Waals surface area contributed by atoms with E-state index in [0.717, 1.165) is 18.2 Å². The maximum absolute atomic E-state index is 12.3. The van der Waals surface area contributed by atoms with Crippen LogP contribution in [0.2, 0.25) is 0 Å². The number of carboxylic acid groups (broad SMARTS) is 1. The van der Waals surface area contributed by atoms with Gasteiger partial charge in [0.2, 0.25) is 0 Å². The van der Waals surface area contributed by atoms with Crippen molar-refractivity contribution in [3.05, 3.63) is 29.8 Å². The van der Waals surface area contributed by atoms with Gasteiger partial charge in [-0.3, -0.25) is 0 Å². The van der Waals surface area contributed by atoms with Crippen molar-refractivity contribution in [1.29, 1.82) is 0 Å².